The van der Waals surface area contributed by atoms with E-state index in [0.717, 1.165) is 18.9 Å². The normalized spacial score (nSPS) is 19.3. The summed E-state index contributed by atoms with van der Waals surface area (Å²) in [5.74, 6) is -0.00990. The Balaban J connectivity index is 2.43. The molecular formula is C13H19N3O5S. The number of nitro benzene ring substituents is 1. The highest BCUT2D eigenvalue weighted by atomic mass is 32.2. The number of methoxy groups -OCH3 is 1. The van der Waals surface area contributed by atoms with E-state index in [1.54, 1.807) is 7.05 Å². The maximum Gasteiger partial charge on any atom is 0.273 e. The summed E-state index contributed by atoms with van der Waals surface area (Å²) in [6, 6.07) is 3.44. The molecule has 1 saturated heterocycles. The van der Waals surface area contributed by atoms with Crippen molar-refractivity contribution in [1.82, 2.24) is 9.62 Å². The molecule has 1 aromatic rings. The van der Waals surface area contributed by atoms with Crippen molar-refractivity contribution in [2.75, 3.05) is 27.2 Å². The predicted molar refractivity (Wildman–Crippen MR) is 80.5 cm³/mol. The number of likely N-dealkylation sites (N-methyl/N-ethyl adjacent to an activating group) is 1. The molecule has 1 unspecified atom stereocenters. The molecular weight excluding hydrogens is 310 g/mol. The van der Waals surface area contributed by atoms with Gasteiger partial charge < -0.3 is 10.1 Å². The van der Waals surface area contributed by atoms with Gasteiger partial charge in [-0.25, -0.2) is 8.42 Å². The number of hydrogen-bond donors (Lipinski definition) is 1. The van der Waals surface area contributed by atoms with Crippen LogP contribution in [0.2, 0.25) is 0 Å². The minimum atomic E-state index is -3.75. The second-order valence-corrected chi connectivity index (χ2v) is 6.92. The van der Waals surface area contributed by atoms with Gasteiger partial charge in [-0.05, 0) is 26.0 Å². The second kappa shape index (κ2) is 6.59. The van der Waals surface area contributed by atoms with Crippen LogP contribution in [0.15, 0.2) is 23.1 Å². The number of nitrogens with zero attached hydrogens (tertiary/aromatic N) is 2. The molecule has 0 aliphatic carbocycles. The van der Waals surface area contributed by atoms with Crippen LogP contribution in [0.4, 0.5) is 5.69 Å². The number of rotatable bonds is 6. The lowest BCUT2D eigenvalue weighted by atomic mass is 10.2. The molecule has 1 atom stereocenters. The summed E-state index contributed by atoms with van der Waals surface area (Å²) < 4.78 is 32.1. The zero-order valence-corrected chi connectivity index (χ0v) is 13.3. The fraction of sp³-hybridized carbons (Fsp3) is 0.538. The van der Waals surface area contributed by atoms with Gasteiger partial charge in [-0.15, -0.1) is 0 Å². The highest BCUT2D eigenvalue weighted by Crippen LogP contribution is 2.33. The summed E-state index contributed by atoms with van der Waals surface area (Å²) in [5, 5.41) is 13.8. The van der Waals surface area contributed by atoms with Gasteiger partial charge in [0.15, 0.2) is 0 Å². The molecule has 1 aromatic carbocycles. The lowest BCUT2D eigenvalue weighted by Gasteiger charge is -2.24. The number of sulfonamides is 1. The van der Waals surface area contributed by atoms with E-state index < -0.39 is 14.9 Å². The summed E-state index contributed by atoms with van der Waals surface area (Å²) in [5.41, 5.74) is -0.205. The molecule has 1 heterocycles. The van der Waals surface area contributed by atoms with Crippen LogP contribution in [0.1, 0.15) is 12.8 Å². The summed E-state index contributed by atoms with van der Waals surface area (Å²) in [6.07, 6.45) is 1.58. The Kier molecular flexibility index (Phi) is 4.99. The lowest BCUT2D eigenvalue weighted by molar-refractivity contribution is -0.385. The van der Waals surface area contributed by atoms with E-state index in [1.165, 1.54) is 23.5 Å². The van der Waals surface area contributed by atoms with Crippen LogP contribution < -0.4 is 10.1 Å². The fourth-order valence-corrected chi connectivity index (χ4v) is 4.51. The van der Waals surface area contributed by atoms with Crippen LogP contribution in [0.3, 0.4) is 0 Å². The maximum atomic E-state index is 12.8. The zero-order valence-electron chi connectivity index (χ0n) is 12.5. The largest absolute Gasteiger partial charge is 0.495 e. The van der Waals surface area contributed by atoms with Gasteiger partial charge in [-0.1, -0.05) is 0 Å². The van der Waals surface area contributed by atoms with Crippen LogP contribution in [0.25, 0.3) is 0 Å². The number of non-ortho nitro benzene ring substituents is 1. The highest BCUT2D eigenvalue weighted by Gasteiger charge is 2.36. The van der Waals surface area contributed by atoms with Gasteiger partial charge in [0.1, 0.15) is 10.6 Å². The lowest BCUT2D eigenvalue weighted by Crippen LogP contribution is -2.40. The van der Waals surface area contributed by atoms with Crippen molar-refractivity contribution in [3.05, 3.63) is 28.3 Å². The van der Waals surface area contributed by atoms with Crippen LogP contribution >= 0.6 is 0 Å². The molecule has 1 aliphatic rings. The van der Waals surface area contributed by atoms with E-state index >= 15 is 0 Å². The third kappa shape index (κ3) is 3.06. The first-order chi connectivity index (χ1) is 10.4. The number of hydrogen-bond acceptors (Lipinski definition) is 6. The maximum absolute atomic E-state index is 12.8. The quantitative estimate of drug-likeness (QED) is 0.616. The van der Waals surface area contributed by atoms with E-state index in [0.29, 0.717) is 13.1 Å². The van der Waals surface area contributed by atoms with E-state index in [2.05, 4.69) is 5.32 Å². The van der Waals surface area contributed by atoms with Gasteiger partial charge in [0.2, 0.25) is 10.0 Å². The molecule has 122 valence electrons. The third-order valence-corrected chi connectivity index (χ3v) is 5.70. The van der Waals surface area contributed by atoms with Gasteiger partial charge in [0.05, 0.1) is 18.1 Å². The molecule has 0 spiro atoms. The Labute approximate surface area is 129 Å². The van der Waals surface area contributed by atoms with Gasteiger partial charge in [0.25, 0.3) is 5.69 Å². The van der Waals surface area contributed by atoms with Crippen molar-refractivity contribution in [2.45, 2.75) is 23.8 Å². The van der Waals surface area contributed by atoms with Crippen molar-refractivity contribution >= 4 is 15.7 Å². The Morgan fingerprint density at radius 2 is 2.23 bits per heavy atom. The summed E-state index contributed by atoms with van der Waals surface area (Å²) in [4.78, 5) is 10.2. The topological polar surface area (TPSA) is 102 Å². The first kappa shape index (κ1) is 16.7. The van der Waals surface area contributed by atoms with E-state index in [9.17, 15) is 18.5 Å². The summed E-state index contributed by atoms with van der Waals surface area (Å²) >= 11 is 0. The van der Waals surface area contributed by atoms with Crippen LogP contribution in [-0.4, -0.2) is 50.9 Å². The van der Waals surface area contributed by atoms with E-state index in [-0.39, 0.29) is 22.4 Å². The average molecular weight is 329 g/mol. The Hall–Kier alpha value is -1.71. The number of ether oxygens (including phenoxy) is 1. The highest BCUT2D eigenvalue weighted by molar-refractivity contribution is 7.89. The van der Waals surface area contributed by atoms with Crippen molar-refractivity contribution < 1.29 is 18.1 Å². The summed E-state index contributed by atoms with van der Waals surface area (Å²) in [6.45, 7) is 1.00. The standard InChI is InChI=1S/C13H19N3O5S/c1-14-9-11-4-3-7-15(11)22(19,20)13-6-5-10(16(17)18)8-12(13)21-2/h5-6,8,11,14H,3-4,7,9H2,1-2H3. The SMILES string of the molecule is CNCC1CCCN1S(=O)(=O)c1ccc([N+](=O)[O-])cc1OC. The molecule has 2 rings (SSSR count). The zero-order chi connectivity index (χ0) is 16.3. The molecule has 1 fully saturated rings. The average Bonchev–Trinajstić information content (AvgIpc) is 2.96. The molecule has 0 saturated carbocycles. The molecule has 22 heavy (non-hydrogen) atoms. The Morgan fingerprint density at radius 1 is 1.50 bits per heavy atom. The second-order valence-electron chi connectivity index (χ2n) is 5.06. The molecule has 0 aromatic heterocycles. The van der Waals surface area contributed by atoms with Crippen molar-refractivity contribution in [2.24, 2.45) is 0 Å². The monoisotopic (exact) mass is 329 g/mol. The minimum absolute atomic E-state index is 0.00990. The van der Waals surface area contributed by atoms with Crippen LogP contribution in [0.5, 0.6) is 5.75 Å². The fourth-order valence-electron chi connectivity index (χ4n) is 2.67. The van der Waals surface area contributed by atoms with Gasteiger partial charge in [0, 0.05) is 25.2 Å². The van der Waals surface area contributed by atoms with E-state index in [4.69, 9.17) is 4.74 Å². The smallest absolute Gasteiger partial charge is 0.273 e. The predicted octanol–water partition coefficient (Wildman–Crippen LogP) is 0.976. The molecule has 0 bridgehead atoms. The number of benzene rings is 1. The number of nitro groups is 1. The molecule has 0 radical (unpaired) electrons. The first-order valence-corrected chi connectivity index (χ1v) is 8.34. The van der Waals surface area contributed by atoms with Crippen molar-refractivity contribution in [3.8, 4) is 5.75 Å². The van der Waals surface area contributed by atoms with Crippen molar-refractivity contribution in [1.29, 1.82) is 0 Å². The van der Waals surface area contributed by atoms with Gasteiger partial charge >= 0.3 is 0 Å². The van der Waals surface area contributed by atoms with Crippen LogP contribution in [-0.2, 0) is 10.0 Å². The molecule has 8 nitrogen and oxygen atoms in total. The minimum Gasteiger partial charge on any atom is -0.495 e. The van der Waals surface area contributed by atoms with Crippen LogP contribution in [0, 0.1) is 10.1 Å². The Bertz CT molecular complexity index is 662. The summed E-state index contributed by atoms with van der Waals surface area (Å²) in [7, 11) is -0.677. The number of nitrogens with one attached hydrogen (secondary N) is 1. The first-order valence-electron chi connectivity index (χ1n) is 6.90. The molecule has 1 N–H and O–H groups in total. The van der Waals surface area contributed by atoms with Gasteiger partial charge in [-0.2, -0.15) is 4.31 Å². The molecule has 9 heteroatoms. The molecule has 0 amide bonds. The van der Waals surface area contributed by atoms with Crippen molar-refractivity contribution in [3.63, 3.8) is 0 Å². The van der Waals surface area contributed by atoms with E-state index in [1.807, 2.05) is 0 Å². The third-order valence-electron chi connectivity index (χ3n) is 3.71. The Morgan fingerprint density at radius 3 is 2.82 bits per heavy atom. The molecule has 1 aliphatic heterocycles. The van der Waals surface area contributed by atoms with Gasteiger partial charge in [-0.3, -0.25) is 10.1 Å².